The lowest BCUT2D eigenvalue weighted by Crippen LogP contribution is -2.23. The Morgan fingerprint density at radius 2 is 1.62 bits per heavy atom. The van der Waals surface area contributed by atoms with Crippen LogP contribution in [0.4, 0.5) is 0 Å². The lowest BCUT2D eigenvalue weighted by atomic mass is 10.1. The Bertz CT molecular complexity index is 780. The number of hydrogen-bond donors (Lipinski definition) is 1. The molecule has 0 unspecified atom stereocenters. The van der Waals surface area contributed by atoms with Gasteiger partial charge >= 0.3 is 0 Å². The maximum absolute atomic E-state index is 12.2. The summed E-state index contributed by atoms with van der Waals surface area (Å²) < 4.78 is 15.9. The standard InChI is InChI=1S/C19H21Cl2NO4/c1-24-15-10-17(26-3)16(25-2)9-13(15)11-22-18(23)8-7-12-5-4-6-14(20)19(12)21/h4-6,9-10H,7-8,11H2,1-3H3,(H,22,23). The van der Waals surface area contributed by atoms with Gasteiger partial charge < -0.3 is 19.5 Å². The number of carbonyl (C=O) groups excluding carboxylic acids is 1. The fourth-order valence-electron chi connectivity index (χ4n) is 2.50. The van der Waals surface area contributed by atoms with Crippen molar-refractivity contribution in [2.24, 2.45) is 0 Å². The van der Waals surface area contributed by atoms with Gasteiger partial charge in [-0.05, 0) is 24.1 Å². The van der Waals surface area contributed by atoms with E-state index in [1.54, 1.807) is 39.5 Å². The van der Waals surface area contributed by atoms with Gasteiger partial charge in [0.25, 0.3) is 0 Å². The Kier molecular flexibility index (Phi) is 7.42. The molecule has 1 N–H and O–H groups in total. The molecule has 140 valence electrons. The second-order valence-electron chi connectivity index (χ2n) is 5.51. The molecule has 0 aliphatic heterocycles. The van der Waals surface area contributed by atoms with E-state index in [2.05, 4.69) is 5.32 Å². The summed E-state index contributed by atoms with van der Waals surface area (Å²) in [6.45, 7) is 0.311. The molecular formula is C19H21Cl2NO4. The van der Waals surface area contributed by atoms with E-state index in [1.807, 2.05) is 12.1 Å². The number of rotatable bonds is 8. The lowest BCUT2D eigenvalue weighted by Gasteiger charge is -2.14. The van der Waals surface area contributed by atoms with Gasteiger partial charge in [0.1, 0.15) is 5.75 Å². The van der Waals surface area contributed by atoms with Crippen LogP contribution in [-0.2, 0) is 17.8 Å². The molecule has 0 saturated heterocycles. The van der Waals surface area contributed by atoms with Crippen LogP contribution in [0.3, 0.4) is 0 Å². The van der Waals surface area contributed by atoms with E-state index in [4.69, 9.17) is 37.4 Å². The molecule has 26 heavy (non-hydrogen) atoms. The Labute approximate surface area is 163 Å². The van der Waals surface area contributed by atoms with Crippen molar-refractivity contribution < 1.29 is 19.0 Å². The highest BCUT2D eigenvalue weighted by molar-refractivity contribution is 6.42. The minimum atomic E-state index is -0.0992. The van der Waals surface area contributed by atoms with Crippen molar-refractivity contribution in [3.8, 4) is 17.2 Å². The second-order valence-corrected chi connectivity index (χ2v) is 6.29. The topological polar surface area (TPSA) is 56.8 Å². The summed E-state index contributed by atoms with van der Waals surface area (Å²) in [6, 6.07) is 8.91. The van der Waals surface area contributed by atoms with Gasteiger partial charge in [-0.15, -0.1) is 0 Å². The largest absolute Gasteiger partial charge is 0.496 e. The maximum atomic E-state index is 12.2. The Hall–Kier alpha value is -2.11. The van der Waals surface area contributed by atoms with Crippen molar-refractivity contribution in [2.75, 3.05) is 21.3 Å². The SMILES string of the molecule is COc1cc(OC)c(OC)cc1CNC(=O)CCc1cccc(Cl)c1Cl. The van der Waals surface area contributed by atoms with Crippen molar-refractivity contribution >= 4 is 29.1 Å². The number of halogens is 2. The van der Waals surface area contributed by atoms with E-state index in [0.717, 1.165) is 11.1 Å². The van der Waals surface area contributed by atoms with Crippen LogP contribution < -0.4 is 19.5 Å². The molecule has 2 aromatic rings. The predicted molar refractivity (Wildman–Crippen MR) is 103 cm³/mol. The molecule has 2 rings (SSSR count). The van der Waals surface area contributed by atoms with Crippen molar-refractivity contribution in [1.29, 1.82) is 0 Å². The van der Waals surface area contributed by atoms with Gasteiger partial charge in [0.15, 0.2) is 11.5 Å². The number of nitrogens with one attached hydrogen (secondary N) is 1. The average molecular weight is 398 g/mol. The van der Waals surface area contributed by atoms with E-state index in [1.165, 1.54) is 0 Å². The van der Waals surface area contributed by atoms with Crippen LogP contribution >= 0.6 is 23.2 Å². The van der Waals surface area contributed by atoms with Crippen LogP contribution in [0.5, 0.6) is 17.2 Å². The van der Waals surface area contributed by atoms with Gasteiger partial charge in [-0.1, -0.05) is 35.3 Å². The fourth-order valence-corrected chi connectivity index (χ4v) is 2.92. The first-order chi connectivity index (χ1) is 12.5. The van der Waals surface area contributed by atoms with E-state index < -0.39 is 0 Å². The van der Waals surface area contributed by atoms with Crippen molar-refractivity contribution in [3.05, 3.63) is 51.5 Å². The highest BCUT2D eigenvalue weighted by Crippen LogP contribution is 2.34. The normalized spacial score (nSPS) is 10.3. The van der Waals surface area contributed by atoms with Crippen LogP contribution in [0.2, 0.25) is 10.0 Å². The molecule has 0 radical (unpaired) electrons. The van der Waals surface area contributed by atoms with Crippen molar-refractivity contribution in [2.45, 2.75) is 19.4 Å². The van der Waals surface area contributed by atoms with E-state index in [9.17, 15) is 4.79 Å². The molecule has 0 aromatic heterocycles. The number of hydrogen-bond acceptors (Lipinski definition) is 4. The van der Waals surface area contributed by atoms with Crippen LogP contribution in [0, 0.1) is 0 Å². The van der Waals surface area contributed by atoms with Gasteiger partial charge in [0.05, 0.1) is 31.4 Å². The van der Waals surface area contributed by atoms with Gasteiger partial charge in [0.2, 0.25) is 5.91 Å². The molecule has 0 saturated carbocycles. The third-order valence-electron chi connectivity index (χ3n) is 3.92. The molecule has 2 aromatic carbocycles. The zero-order valence-corrected chi connectivity index (χ0v) is 16.4. The molecule has 0 bridgehead atoms. The number of benzene rings is 2. The summed E-state index contributed by atoms with van der Waals surface area (Å²) in [5, 5.41) is 3.85. The van der Waals surface area contributed by atoms with Crippen molar-refractivity contribution in [3.63, 3.8) is 0 Å². The summed E-state index contributed by atoms with van der Waals surface area (Å²) in [6.07, 6.45) is 0.809. The molecular weight excluding hydrogens is 377 g/mol. The van der Waals surface area contributed by atoms with E-state index in [0.29, 0.717) is 46.7 Å². The number of amides is 1. The Morgan fingerprint density at radius 3 is 2.27 bits per heavy atom. The molecule has 0 aliphatic carbocycles. The Morgan fingerprint density at radius 1 is 0.962 bits per heavy atom. The summed E-state index contributed by atoms with van der Waals surface area (Å²) in [5.74, 6) is 1.65. The van der Waals surface area contributed by atoms with Crippen LogP contribution in [0.1, 0.15) is 17.5 Å². The quantitative estimate of drug-likeness (QED) is 0.722. The predicted octanol–water partition coefficient (Wildman–Crippen LogP) is 4.27. The highest BCUT2D eigenvalue weighted by atomic mass is 35.5. The smallest absolute Gasteiger partial charge is 0.220 e. The van der Waals surface area contributed by atoms with E-state index >= 15 is 0 Å². The Balaban J connectivity index is 1.99. The number of aryl methyl sites for hydroxylation is 1. The molecule has 1 amide bonds. The number of ether oxygens (including phenoxy) is 3. The lowest BCUT2D eigenvalue weighted by molar-refractivity contribution is -0.121. The molecule has 0 aliphatic rings. The minimum Gasteiger partial charge on any atom is -0.496 e. The van der Waals surface area contributed by atoms with Crippen LogP contribution in [0.25, 0.3) is 0 Å². The van der Waals surface area contributed by atoms with E-state index in [-0.39, 0.29) is 5.91 Å². The molecule has 0 spiro atoms. The molecule has 5 nitrogen and oxygen atoms in total. The summed E-state index contributed by atoms with van der Waals surface area (Å²) in [4.78, 5) is 12.2. The minimum absolute atomic E-state index is 0.0992. The van der Waals surface area contributed by atoms with Crippen LogP contribution in [-0.4, -0.2) is 27.2 Å². The molecule has 0 fully saturated rings. The first-order valence-corrected chi connectivity index (χ1v) is 8.74. The zero-order chi connectivity index (χ0) is 19.1. The highest BCUT2D eigenvalue weighted by Gasteiger charge is 2.13. The zero-order valence-electron chi connectivity index (χ0n) is 14.9. The van der Waals surface area contributed by atoms with Gasteiger partial charge in [-0.3, -0.25) is 4.79 Å². The molecule has 0 atom stereocenters. The second kappa shape index (κ2) is 9.55. The summed E-state index contributed by atoms with van der Waals surface area (Å²) >= 11 is 12.1. The van der Waals surface area contributed by atoms with Crippen LogP contribution in [0.15, 0.2) is 30.3 Å². The van der Waals surface area contributed by atoms with Gasteiger partial charge in [-0.2, -0.15) is 0 Å². The van der Waals surface area contributed by atoms with Crippen molar-refractivity contribution in [1.82, 2.24) is 5.32 Å². The number of carbonyl (C=O) groups is 1. The summed E-state index contributed by atoms with van der Waals surface area (Å²) in [5.41, 5.74) is 1.64. The molecule has 0 heterocycles. The van der Waals surface area contributed by atoms with Gasteiger partial charge in [-0.25, -0.2) is 0 Å². The first kappa shape index (κ1) is 20.2. The molecule has 7 heteroatoms. The summed E-state index contributed by atoms with van der Waals surface area (Å²) in [7, 11) is 4.68. The average Bonchev–Trinajstić information content (AvgIpc) is 2.66. The third-order valence-corrected chi connectivity index (χ3v) is 4.77. The van der Waals surface area contributed by atoms with Gasteiger partial charge in [0, 0.05) is 24.6 Å². The monoisotopic (exact) mass is 397 g/mol. The first-order valence-electron chi connectivity index (χ1n) is 7.98. The fraction of sp³-hybridized carbons (Fsp3) is 0.316. The number of methoxy groups -OCH3 is 3. The maximum Gasteiger partial charge on any atom is 0.220 e. The third kappa shape index (κ3) is 4.96.